The Kier molecular flexibility index (Phi) is 6.72. The smallest absolute Gasteiger partial charge is 0.169 e. The fourth-order valence-corrected chi connectivity index (χ4v) is 4.28. The number of thioether (sulfide) groups is 1. The van der Waals surface area contributed by atoms with Crippen LogP contribution in [0.3, 0.4) is 0 Å². The minimum absolute atomic E-state index is 0.586. The molecule has 0 saturated heterocycles. The number of benzene rings is 3. The van der Waals surface area contributed by atoms with Crippen molar-refractivity contribution < 1.29 is 9.47 Å². The monoisotopic (exact) mass is 418 g/mol. The molecule has 4 rings (SSSR count). The number of aromatic nitrogens is 2. The lowest BCUT2D eigenvalue weighted by atomic mass is 10.2. The van der Waals surface area contributed by atoms with Gasteiger partial charge in [-0.3, -0.25) is 0 Å². The molecule has 0 radical (unpaired) electrons. The predicted octanol–water partition coefficient (Wildman–Crippen LogP) is 5.86. The summed E-state index contributed by atoms with van der Waals surface area (Å²) in [6.07, 6.45) is 0. The van der Waals surface area contributed by atoms with E-state index in [1.54, 1.807) is 18.9 Å². The van der Waals surface area contributed by atoms with Crippen LogP contribution in [0.15, 0.2) is 78.0 Å². The van der Waals surface area contributed by atoms with Gasteiger partial charge < -0.3 is 14.0 Å². The summed E-state index contributed by atoms with van der Waals surface area (Å²) in [5, 5.41) is 1.03. The Morgan fingerprint density at radius 3 is 2.40 bits per heavy atom. The molecule has 0 atom stereocenters. The van der Waals surface area contributed by atoms with E-state index in [0.29, 0.717) is 13.2 Å². The van der Waals surface area contributed by atoms with Gasteiger partial charge in [-0.05, 0) is 42.3 Å². The van der Waals surface area contributed by atoms with E-state index in [-0.39, 0.29) is 0 Å². The molecule has 3 aromatic carbocycles. The van der Waals surface area contributed by atoms with E-state index in [9.17, 15) is 0 Å². The SMILES string of the molecule is COc1ccc(COCCn2c(SCc3ccc(C)cc3)nc3ccccc32)cc1. The first-order valence-electron chi connectivity index (χ1n) is 10.1. The fourth-order valence-electron chi connectivity index (χ4n) is 3.28. The fraction of sp³-hybridized carbons (Fsp3) is 0.240. The number of aryl methyl sites for hydroxylation is 1. The highest BCUT2D eigenvalue weighted by Crippen LogP contribution is 2.27. The molecule has 0 aliphatic rings. The zero-order valence-corrected chi connectivity index (χ0v) is 18.2. The van der Waals surface area contributed by atoms with Crippen molar-refractivity contribution in [3.05, 3.63) is 89.5 Å². The third-order valence-corrected chi connectivity index (χ3v) is 6.04. The van der Waals surface area contributed by atoms with Crippen LogP contribution in [0.2, 0.25) is 0 Å². The minimum Gasteiger partial charge on any atom is -0.497 e. The molecule has 0 spiro atoms. The average molecular weight is 419 g/mol. The molecule has 30 heavy (non-hydrogen) atoms. The first-order valence-corrected chi connectivity index (χ1v) is 11.1. The molecule has 4 nitrogen and oxygen atoms in total. The number of hydrogen-bond acceptors (Lipinski definition) is 4. The molecule has 0 bridgehead atoms. The second-order valence-corrected chi connectivity index (χ2v) is 8.15. The van der Waals surface area contributed by atoms with Crippen LogP contribution in [-0.4, -0.2) is 23.3 Å². The van der Waals surface area contributed by atoms with Crippen LogP contribution in [0.25, 0.3) is 11.0 Å². The number of para-hydroxylation sites is 2. The van der Waals surface area contributed by atoms with Crippen molar-refractivity contribution in [2.24, 2.45) is 0 Å². The standard InChI is InChI=1S/C25H26N2O2S/c1-19-7-9-21(10-8-19)18-30-25-26-23-5-3-4-6-24(23)27(25)15-16-29-17-20-11-13-22(28-2)14-12-20/h3-14H,15-18H2,1-2H3. The van der Waals surface area contributed by atoms with Crippen molar-refractivity contribution in [2.45, 2.75) is 31.0 Å². The molecule has 5 heteroatoms. The third kappa shape index (κ3) is 5.04. The Hall–Kier alpha value is -2.76. The third-order valence-electron chi connectivity index (χ3n) is 5.00. The molecule has 0 aliphatic heterocycles. The predicted molar refractivity (Wildman–Crippen MR) is 123 cm³/mol. The molecule has 0 amide bonds. The van der Waals surface area contributed by atoms with Crippen LogP contribution in [0.4, 0.5) is 0 Å². The van der Waals surface area contributed by atoms with Gasteiger partial charge in [0.1, 0.15) is 5.75 Å². The highest BCUT2D eigenvalue weighted by atomic mass is 32.2. The maximum absolute atomic E-state index is 5.95. The number of nitrogens with zero attached hydrogens (tertiary/aromatic N) is 2. The van der Waals surface area contributed by atoms with Crippen molar-refractivity contribution >= 4 is 22.8 Å². The minimum atomic E-state index is 0.586. The molecular weight excluding hydrogens is 392 g/mol. The summed E-state index contributed by atoms with van der Waals surface area (Å²) in [6, 6.07) is 25.0. The average Bonchev–Trinajstić information content (AvgIpc) is 3.14. The number of methoxy groups -OCH3 is 1. The lowest BCUT2D eigenvalue weighted by Gasteiger charge is -2.10. The highest BCUT2D eigenvalue weighted by molar-refractivity contribution is 7.98. The van der Waals surface area contributed by atoms with Crippen LogP contribution in [-0.2, 0) is 23.6 Å². The van der Waals surface area contributed by atoms with E-state index >= 15 is 0 Å². The van der Waals surface area contributed by atoms with Crippen LogP contribution >= 0.6 is 11.8 Å². The topological polar surface area (TPSA) is 36.3 Å². The Balaban J connectivity index is 1.41. The Morgan fingerprint density at radius 1 is 0.900 bits per heavy atom. The van der Waals surface area contributed by atoms with Crippen LogP contribution in [0.5, 0.6) is 5.75 Å². The number of fused-ring (bicyclic) bond motifs is 1. The number of hydrogen-bond donors (Lipinski definition) is 0. The normalized spacial score (nSPS) is 11.1. The molecule has 4 aromatic rings. The largest absolute Gasteiger partial charge is 0.497 e. The van der Waals surface area contributed by atoms with E-state index in [4.69, 9.17) is 14.5 Å². The van der Waals surface area contributed by atoms with Gasteiger partial charge in [0.25, 0.3) is 0 Å². The van der Waals surface area contributed by atoms with Gasteiger partial charge in [-0.2, -0.15) is 0 Å². The first-order chi connectivity index (χ1) is 14.7. The highest BCUT2D eigenvalue weighted by Gasteiger charge is 2.11. The lowest BCUT2D eigenvalue weighted by Crippen LogP contribution is -2.07. The molecule has 0 N–H and O–H groups in total. The molecule has 0 fully saturated rings. The van der Waals surface area contributed by atoms with E-state index in [2.05, 4.69) is 54.0 Å². The Labute approximate surface area is 181 Å². The van der Waals surface area contributed by atoms with Gasteiger partial charge in [-0.1, -0.05) is 65.9 Å². The van der Waals surface area contributed by atoms with E-state index in [0.717, 1.165) is 39.8 Å². The summed E-state index contributed by atoms with van der Waals surface area (Å²) in [5.41, 5.74) is 5.90. The molecule has 0 aliphatic carbocycles. The summed E-state index contributed by atoms with van der Waals surface area (Å²) in [5.74, 6) is 1.76. The molecule has 1 heterocycles. The van der Waals surface area contributed by atoms with Gasteiger partial charge in [0.05, 0.1) is 31.4 Å². The summed E-state index contributed by atoms with van der Waals surface area (Å²) >= 11 is 1.77. The van der Waals surface area contributed by atoms with E-state index < -0.39 is 0 Å². The number of ether oxygens (including phenoxy) is 2. The number of imidazole rings is 1. The zero-order chi connectivity index (χ0) is 20.8. The first kappa shape index (κ1) is 20.5. The summed E-state index contributed by atoms with van der Waals surface area (Å²) < 4.78 is 13.4. The zero-order valence-electron chi connectivity index (χ0n) is 17.4. The van der Waals surface area contributed by atoms with E-state index in [1.807, 2.05) is 30.3 Å². The maximum Gasteiger partial charge on any atom is 0.169 e. The van der Waals surface area contributed by atoms with Gasteiger partial charge in [0.2, 0.25) is 0 Å². The Morgan fingerprint density at radius 2 is 1.63 bits per heavy atom. The van der Waals surface area contributed by atoms with Crippen molar-refractivity contribution in [3.63, 3.8) is 0 Å². The van der Waals surface area contributed by atoms with E-state index in [1.165, 1.54) is 11.1 Å². The molecule has 154 valence electrons. The number of rotatable bonds is 9. The maximum atomic E-state index is 5.95. The van der Waals surface area contributed by atoms with Gasteiger partial charge in [0.15, 0.2) is 5.16 Å². The molecule has 0 unspecified atom stereocenters. The van der Waals surface area contributed by atoms with Crippen molar-refractivity contribution in [2.75, 3.05) is 13.7 Å². The van der Waals surface area contributed by atoms with Crippen molar-refractivity contribution in [1.29, 1.82) is 0 Å². The van der Waals surface area contributed by atoms with Crippen molar-refractivity contribution in [1.82, 2.24) is 9.55 Å². The van der Waals surface area contributed by atoms with Gasteiger partial charge in [-0.15, -0.1) is 0 Å². The lowest BCUT2D eigenvalue weighted by molar-refractivity contribution is 0.112. The van der Waals surface area contributed by atoms with Crippen LogP contribution in [0.1, 0.15) is 16.7 Å². The second-order valence-electron chi connectivity index (χ2n) is 7.21. The van der Waals surface area contributed by atoms with Gasteiger partial charge in [0, 0.05) is 12.3 Å². The van der Waals surface area contributed by atoms with Crippen LogP contribution in [0, 0.1) is 6.92 Å². The quantitative estimate of drug-likeness (QED) is 0.252. The molecular formula is C25H26N2O2S. The summed E-state index contributed by atoms with van der Waals surface area (Å²) in [6.45, 7) is 4.10. The Bertz CT molecular complexity index is 1090. The van der Waals surface area contributed by atoms with Gasteiger partial charge >= 0.3 is 0 Å². The summed E-state index contributed by atoms with van der Waals surface area (Å²) in [4.78, 5) is 4.86. The summed E-state index contributed by atoms with van der Waals surface area (Å²) in [7, 11) is 1.68. The molecule has 1 aromatic heterocycles. The molecule has 0 saturated carbocycles. The van der Waals surface area contributed by atoms with Gasteiger partial charge in [-0.25, -0.2) is 4.98 Å². The second kappa shape index (κ2) is 9.83. The van der Waals surface area contributed by atoms with Crippen molar-refractivity contribution in [3.8, 4) is 5.75 Å². The van der Waals surface area contributed by atoms with Crippen LogP contribution < -0.4 is 4.74 Å².